The fourth-order valence-electron chi connectivity index (χ4n) is 2.51. The summed E-state index contributed by atoms with van der Waals surface area (Å²) >= 11 is 0. The number of hydrogen-bond acceptors (Lipinski definition) is 2. The van der Waals surface area contributed by atoms with Gasteiger partial charge in [-0.2, -0.15) is 5.10 Å². The van der Waals surface area contributed by atoms with E-state index in [4.69, 9.17) is 5.73 Å². The molecule has 0 aliphatic heterocycles. The molecule has 3 heteroatoms. The summed E-state index contributed by atoms with van der Waals surface area (Å²) in [6.45, 7) is 8.78. The van der Waals surface area contributed by atoms with Gasteiger partial charge in [-0.15, -0.1) is 0 Å². The van der Waals surface area contributed by atoms with Gasteiger partial charge < -0.3 is 5.73 Å². The largest absolute Gasteiger partial charge is 0.328 e. The third-order valence-electron chi connectivity index (χ3n) is 3.48. The Morgan fingerprint density at radius 3 is 2.56 bits per heavy atom. The molecule has 2 N–H and O–H groups in total. The molecule has 3 atom stereocenters. The van der Waals surface area contributed by atoms with Crippen molar-refractivity contribution in [3.63, 3.8) is 0 Å². The summed E-state index contributed by atoms with van der Waals surface area (Å²) in [6.07, 6.45) is 3.40. The monoisotopic (exact) mass is 221 g/mol. The predicted molar refractivity (Wildman–Crippen MR) is 66.4 cm³/mol. The number of nitrogens with zero attached hydrogens (tertiary/aromatic N) is 2. The van der Waals surface area contributed by atoms with Crippen LogP contribution in [0.2, 0.25) is 0 Å². The standard InChI is InChI=1S/C13H23N3/c1-8(14)9-6-10(9)11-7-16(5)15-12(11)13(2,3)4/h7-10H,6,14H2,1-5H3. The van der Waals surface area contributed by atoms with E-state index in [0.717, 1.165) is 0 Å². The van der Waals surface area contributed by atoms with Crippen LogP contribution in [-0.4, -0.2) is 15.8 Å². The van der Waals surface area contributed by atoms with Crippen molar-refractivity contribution in [3.8, 4) is 0 Å². The zero-order valence-corrected chi connectivity index (χ0v) is 11.0. The average molecular weight is 221 g/mol. The van der Waals surface area contributed by atoms with Crippen LogP contribution in [0.3, 0.4) is 0 Å². The first-order chi connectivity index (χ1) is 7.30. The molecule has 0 saturated heterocycles. The summed E-state index contributed by atoms with van der Waals surface area (Å²) in [5, 5.41) is 4.61. The molecule has 0 aromatic carbocycles. The van der Waals surface area contributed by atoms with Crippen LogP contribution in [0.25, 0.3) is 0 Å². The minimum Gasteiger partial charge on any atom is -0.328 e. The van der Waals surface area contributed by atoms with Gasteiger partial charge in [-0.3, -0.25) is 4.68 Å². The zero-order chi connectivity index (χ0) is 12.1. The predicted octanol–water partition coefficient (Wildman–Crippen LogP) is 2.17. The van der Waals surface area contributed by atoms with Crippen LogP contribution in [0.15, 0.2) is 6.20 Å². The lowest BCUT2D eigenvalue weighted by Gasteiger charge is -2.17. The van der Waals surface area contributed by atoms with Gasteiger partial charge in [0.2, 0.25) is 0 Å². The Bertz CT molecular complexity index is 384. The lowest BCUT2D eigenvalue weighted by Crippen LogP contribution is -2.19. The minimum absolute atomic E-state index is 0.127. The molecule has 16 heavy (non-hydrogen) atoms. The summed E-state index contributed by atoms with van der Waals surface area (Å²) in [7, 11) is 2.00. The first-order valence-electron chi connectivity index (χ1n) is 6.10. The Kier molecular flexibility index (Phi) is 2.61. The van der Waals surface area contributed by atoms with Crippen molar-refractivity contribution >= 4 is 0 Å². The molecule has 0 radical (unpaired) electrons. The van der Waals surface area contributed by atoms with Gasteiger partial charge in [0.15, 0.2) is 0 Å². The molecule has 0 spiro atoms. The molecule has 1 heterocycles. The van der Waals surface area contributed by atoms with Crippen molar-refractivity contribution in [2.45, 2.75) is 51.5 Å². The quantitative estimate of drug-likeness (QED) is 0.831. The number of aromatic nitrogens is 2. The van der Waals surface area contributed by atoms with Crippen molar-refractivity contribution in [1.82, 2.24) is 9.78 Å². The van der Waals surface area contributed by atoms with Crippen LogP contribution in [0.5, 0.6) is 0 Å². The number of aryl methyl sites for hydroxylation is 1. The first kappa shape index (κ1) is 11.6. The van der Waals surface area contributed by atoms with Crippen LogP contribution < -0.4 is 5.73 Å². The molecule has 3 nitrogen and oxygen atoms in total. The Morgan fingerprint density at radius 1 is 1.50 bits per heavy atom. The molecule has 3 unspecified atom stereocenters. The van der Waals surface area contributed by atoms with Crippen LogP contribution in [0.4, 0.5) is 0 Å². The lowest BCUT2D eigenvalue weighted by molar-refractivity contribution is 0.545. The van der Waals surface area contributed by atoms with Crippen molar-refractivity contribution in [2.24, 2.45) is 18.7 Å². The summed E-state index contributed by atoms with van der Waals surface area (Å²) < 4.78 is 1.94. The van der Waals surface area contributed by atoms with E-state index in [1.165, 1.54) is 17.7 Å². The SMILES string of the molecule is CC(N)C1CC1c1cn(C)nc1C(C)(C)C. The number of hydrogen-bond donors (Lipinski definition) is 1. The molecule has 2 rings (SSSR count). The Labute approximate surface area is 98.0 Å². The van der Waals surface area contributed by atoms with Gasteiger partial charge in [0.05, 0.1) is 5.69 Å². The van der Waals surface area contributed by atoms with E-state index in [-0.39, 0.29) is 5.41 Å². The van der Waals surface area contributed by atoms with E-state index in [1.54, 1.807) is 0 Å². The highest BCUT2D eigenvalue weighted by atomic mass is 15.3. The average Bonchev–Trinajstić information content (AvgIpc) is 2.82. The molecule has 1 aliphatic rings. The Hall–Kier alpha value is -0.830. The van der Waals surface area contributed by atoms with Gasteiger partial charge in [0.25, 0.3) is 0 Å². The highest BCUT2D eigenvalue weighted by Gasteiger charge is 2.44. The maximum absolute atomic E-state index is 5.96. The van der Waals surface area contributed by atoms with Gasteiger partial charge in [0, 0.05) is 24.7 Å². The Morgan fingerprint density at radius 2 is 2.12 bits per heavy atom. The second-order valence-electron chi connectivity index (χ2n) is 6.22. The van der Waals surface area contributed by atoms with Crippen LogP contribution in [0, 0.1) is 5.92 Å². The van der Waals surface area contributed by atoms with Crippen molar-refractivity contribution in [2.75, 3.05) is 0 Å². The molecule has 1 aliphatic carbocycles. The highest BCUT2D eigenvalue weighted by molar-refractivity contribution is 5.33. The maximum Gasteiger partial charge on any atom is 0.0712 e. The third-order valence-corrected chi connectivity index (χ3v) is 3.48. The molecular weight excluding hydrogens is 198 g/mol. The second kappa shape index (κ2) is 3.59. The first-order valence-corrected chi connectivity index (χ1v) is 6.10. The van der Waals surface area contributed by atoms with Gasteiger partial charge in [-0.05, 0) is 30.7 Å². The fourth-order valence-corrected chi connectivity index (χ4v) is 2.51. The smallest absolute Gasteiger partial charge is 0.0712 e. The molecular formula is C13H23N3. The lowest BCUT2D eigenvalue weighted by atomic mass is 9.88. The normalized spacial score (nSPS) is 26.9. The Balaban J connectivity index is 2.29. The summed E-state index contributed by atoms with van der Waals surface area (Å²) in [5.74, 6) is 1.30. The van der Waals surface area contributed by atoms with Gasteiger partial charge in [-0.25, -0.2) is 0 Å². The molecule has 90 valence electrons. The van der Waals surface area contributed by atoms with E-state index >= 15 is 0 Å². The molecule has 1 fully saturated rings. The van der Waals surface area contributed by atoms with Crippen LogP contribution in [0.1, 0.15) is 51.3 Å². The van der Waals surface area contributed by atoms with Gasteiger partial charge >= 0.3 is 0 Å². The summed E-state index contributed by atoms with van der Waals surface area (Å²) in [5.41, 5.74) is 8.74. The second-order valence-corrected chi connectivity index (χ2v) is 6.22. The van der Waals surface area contributed by atoms with Crippen molar-refractivity contribution in [3.05, 3.63) is 17.5 Å². The topological polar surface area (TPSA) is 43.8 Å². The molecule has 1 aromatic heterocycles. The third kappa shape index (κ3) is 2.01. The summed E-state index contributed by atoms with van der Waals surface area (Å²) in [6, 6.07) is 0.304. The number of rotatable bonds is 2. The maximum atomic E-state index is 5.96. The zero-order valence-electron chi connectivity index (χ0n) is 11.0. The van der Waals surface area contributed by atoms with E-state index in [1.807, 2.05) is 11.7 Å². The fraction of sp³-hybridized carbons (Fsp3) is 0.769. The van der Waals surface area contributed by atoms with E-state index in [9.17, 15) is 0 Å². The van der Waals surface area contributed by atoms with Crippen molar-refractivity contribution in [1.29, 1.82) is 0 Å². The molecule has 1 saturated carbocycles. The highest BCUT2D eigenvalue weighted by Crippen LogP contribution is 2.51. The molecule has 0 amide bonds. The van der Waals surface area contributed by atoms with E-state index < -0.39 is 0 Å². The van der Waals surface area contributed by atoms with Crippen LogP contribution >= 0.6 is 0 Å². The molecule has 1 aromatic rings. The summed E-state index contributed by atoms with van der Waals surface area (Å²) in [4.78, 5) is 0. The molecule has 0 bridgehead atoms. The van der Waals surface area contributed by atoms with Gasteiger partial charge in [-0.1, -0.05) is 20.8 Å². The minimum atomic E-state index is 0.127. The van der Waals surface area contributed by atoms with Gasteiger partial charge in [0.1, 0.15) is 0 Å². The van der Waals surface area contributed by atoms with Crippen LogP contribution in [-0.2, 0) is 12.5 Å². The van der Waals surface area contributed by atoms with Crippen molar-refractivity contribution < 1.29 is 0 Å². The number of nitrogens with two attached hydrogens (primary N) is 1. The van der Waals surface area contributed by atoms with E-state index in [0.29, 0.717) is 17.9 Å². The van der Waals surface area contributed by atoms with E-state index in [2.05, 4.69) is 39.0 Å².